The molecule has 1 unspecified atom stereocenters. The molecule has 0 fully saturated rings. The van der Waals surface area contributed by atoms with Crippen LogP contribution < -0.4 is 10.6 Å². The van der Waals surface area contributed by atoms with E-state index in [0.29, 0.717) is 39.2 Å². The standard InChI is InChI=1S/C29H54N2O8S/c1-4-5-17-39-29(36)28(24(2)3)31-26(33)15-10-7-6-8-12-21-40-22-13-9-11-14-25(32)30-16-18-37-19-20-38-23-27(34)35/h24,28H,4-23H2,1-3H3,(H,30,32)(H,31,33)(H,34,35). The molecule has 0 aliphatic heterocycles. The zero-order chi connectivity index (χ0) is 29.8. The van der Waals surface area contributed by atoms with E-state index in [9.17, 15) is 19.2 Å². The molecule has 10 nitrogen and oxygen atoms in total. The second kappa shape index (κ2) is 27.3. The fraction of sp³-hybridized carbons (Fsp3) is 0.862. The van der Waals surface area contributed by atoms with Gasteiger partial charge in [0, 0.05) is 19.4 Å². The Labute approximate surface area is 245 Å². The normalized spacial score (nSPS) is 11.8. The van der Waals surface area contributed by atoms with E-state index >= 15 is 0 Å². The monoisotopic (exact) mass is 590 g/mol. The number of unbranched alkanes of at least 4 members (excludes halogenated alkanes) is 7. The van der Waals surface area contributed by atoms with E-state index in [1.807, 2.05) is 32.5 Å². The zero-order valence-corrected chi connectivity index (χ0v) is 25.8. The summed E-state index contributed by atoms with van der Waals surface area (Å²) in [5, 5.41) is 14.1. The zero-order valence-electron chi connectivity index (χ0n) is 25.0. The summed E-state index contributed by atoms with van der Waals surface area (Å²) in [7, 11) is 0. The highest BCUT2D eigenvalue weighted by Gasteiger charge is 2.25. The molecule has 0 aromatic rings. The minimum Gasteiger partial charge on any atom is -0.480 e. The van der Waals surface area contributed by atoms with Gasteiger partial charge in [0.05, 0.1) is 26.4 Å². The maximum absolute atomic E-state index is 12.3. The van der Waals surface area contributed by atoms with Crippen molar-refractivity contribution in [2.75, 3.05) is 51.1 Å². The largest absolute Gasteiger partial charge is 0.480 e. The second-order valence-electron chi connectivity index (χ2n) is 10.2. The van der Waals surface area contributed by atoms with Gasteiger partial charge >= 0.3 is 11.9 Å². The molecule has 0 rings (SSSR count). The summed E-state index contributed by atoms with van der Waals surface area (Å²) in [4.78, 5) is 46.6. The summed E-state index contributed by atoms with van der Waals surface area (Å²) in [6.45, 7) is 7.29. The van der Waals surface area contributed by atoms with Crippen molar-refractivity contribution in [2.24, 2.45) is 5.92 Å². The Balaban J connectivity index is 3.51. The van der Waals surface area contributed by atoms with Gasteiger partial charge in [-0.15, -0.1) is 0 Å². The number of thioether (sulfide) groups is 1. The minimum absolute atomic E-state index is 0.00173. The maximum atomic E-state index is 12.3. The van der Waals surface area contributed by atoms with Crippen molar-refractivity contribution in [3.05, 3.63) is 0 Å². The van der Waals surface area contributed by atoms with E-state index in [1.54, 1.807) is 0 Å². The first-order valence-electron chi connectivity index (χ1n) is 15.0. The summed E-state index contributed by atoms with van der Waals surface area (Å²) >= 11 is 1.96. The van der Waals surface area contributed by atoms with Crippen LogP contribution in [0.25, 0.3) is 0 Å². The predicted molar refractivity (Wildman–Crippen MR) is 158 cm³/mol. The first kappa shape index (κ1) is 38.1. The molecule has 0 spiro atoms. The SMILES string of the molecule is CCCCOC(=O)C(NC(=O)CCCCCCCSCCCCCC(=O)NCCOCCOCC(=O)O)C(C)C. The fourth-order valence-corrected chi connectivity index (χ4v) is 4.69. The lowest BCUT2D eigenvalue weighted by Crippen LogP contribution is -2.45. The summed E-state index contributed by atoms with van der Waals surface area (Å²) in [6.07, 6.45) is 11.1. The molecule has 0 saturated heterocycles. The fourth-order valence-electron chi connectivity index (χ4n) is 3.67. The number of carboxylic acids is 1. The van der Waals surface area contributed by atoms with Gasteiger partial charge in [-0.05, 0) is 49.5 Å². The number of carbonyl (C=O) groups excluding carboxylic acids is 3. The third kappa shape index (κ3) is 25.1. The summed E-state index contributed by atoms with van der Waals surface area (Å²) in [5.74, 6) is 0.854. The number of carboxylic acid groups (broad SMARTS) is 1. The molecule has 40 heavy (non-hydrogen) atoms. The van der Waals surface area contributed by atoms with Crippen molar-refractivity contribution in [3.8, 4) is 0 Å². The van der Waals surface area contributed by atoms with Crippen molar-refractivity contribution >= 4 is 35.5 Å². The van der Waals surface area contributed by atoms with Crippen LogP contribution in [0.5, 0.6) is 0 Å². The van der Waals surface area contributed by atoms with Crippen molar-refractivity contribution in [2.45, 2.75) is 104 Å². The van der Waals surface area contributed by atoms with Gasteiger partial charge in [0.25, 0.3) is 0 Å². The molecule has 0 aromatic heterocycles. The van der Waals surface area contributed by atoms with E-state index in [1.165, 1.54) is 6.42 Å². The van der Waals surface area contributed by atoms with Crippen LogP contribution in [0.2, 0.25) is 0 Å². The van der Waals surface area contributed by atoms with Crippen molar-refractivity contribution in [3.63, 3.8) is 0 Å². The average molecular weight is 591 g/mol. The number of hydrogen-bond acceptors (Lipinski definition) is 8. The third-order valence-electron chi connectivity index (χ3n) is 6.03. The minimum atomic E-state index is -1.01. The molecule has 3 N–H and O–H groups in total. The van der Waals surface area contributed by atoms with Gasteiger partial charge in [-0.1, -0.05) is 52.9 Å². The number of esters is 1. The molecular formula is C29H54N2O8S. The molecule has 11 heteroatoms. The van der Waals surface area contributed by atoms with Crippen LogP contribution in [0.3, 0.4) is 0 Å². The van der Waals surface area contributed by atoms with Gasteiger partial charge in [-0.2, -0.15) is 11.8 Å². The van der Waals surface area contributed by atoms with E-state index < -0.39 is 12.0 Å². The van der Waals surface area contributed by atoms with Gasteiger partial charge in [0.15, 0.2) is 0 Å². The molecule has 0 saturated carbocycles. The van der Waals surface area contributed by atoms with Gasteiger partial charge < -0.3 is 30.0 Å². The van der Waals surface area contributed by atoms with Crippen molar-refractivity contribution in [1.82, 2.24) is 10.6 Å². The number of carbonyl (C=O) groups is 4. The summed E-state index contributed by atoms with van der Waals surface area (Å²) < 4.78 is 15.4. The van der Waals surface area contributed by atoms with E-state index in [2.05, 4.69) is 10.6 Å². The quantitative estimate of drug-likeness (QED) is 0.0897. The van der Waals surface area contributed by atoms with Crippen LogP contribution in [0.15, 0.2) is 0 Å². The van der Waals surface area contributed by atoms with Gasteiger partial charge in [-0.25, -0.2) is 9.59 Å². The molecule has 0 heterocycles. The lowest BCUT2D eigenvalue weighted by molar-refractivity contribution is -0.149. The summed E-state index contributed by atoms with van der Waals surface area (Å²) in [6, 6.07) is -0.574. The Morgan fingerprint density at radius 2 is 1.35 bits per heavy atom. The number of rotatable bonds is 28. The van der Waals surface area contributed by atoms with E-state index in [0.717, 1.165) is 69.3 Å². The second-order valence-corrected chi connectivity index (χ2v) is 11.4. The Morgan fingerprint density at radius 1 is 0.750 bits per heavy atom. The van der Waals surface area contributed by atoms with Crippen molar-refractivity contribution < 1.29 is 38.5 Å². The van der Waals surface area contributed by atoms with Crippen LogP contribution >= 0.6 is 11.8 Å². The van der Waals surface area contributed by atoms with Crippen LogP contribution in [0.1, 0.15) is 97.8 Å². The molecule has 2 amide bonds. The number of hydrogen-bond donors (Lipinski definition) is 3. The highest BCUT2D eigenvalue weighted by Crippen LogP contribution is 2.13. The van der Waals surface area contributed by atoms with Crippen molar-refractivity contribution in [1.29, 1.82) is 0 Å². The van der Waals surface area contributed by atoms with Gasteiger partial charge in [0.2, 0.25) is 11.8 Å². The lowest BCUT2D eigenvalue weighted by atomic mass is 10.0. The molecule has 1 atom stereocenters. The molecule has 0 aromatic carbocycles. The third-order valence-corrected chi connectivity index (χ3v) is 7.19. The predicted octanol–water partition coefficient (Wildman–Crippen LogP) is 4.34. The van der Waals surface area contributed by atoms with Crippen LogP contribution in [-0.2, 0) is 33.4 Å². The number of nitrogens with one attached hydrogen (secondary N) is 2. The first-order chi connectivity index (χ1) is 19.3. The maximum Gasteiger partial charge on any atom is 0.329 e. The van der Waals surface area contributed by atoms with Crippen LogP contribution in [0, 0.1) is 5.92 Å². The topological polar surface area (TPSA) is 140 Å². The lowest BCUT2D eigenvalue weighted by Gasteiger charge is -2.20. The average Bonchev–Trinajstić information content (AvgIpc) is 2.91. The van der Waals surface area contributed by atoms with Crippen LogP contribution in [0.4, 0.5) is 0 Å². The van der Waals surface area contributed by atoms with Gasteiger partial charge in [-0.3, -0.25) is 9.59 Å². The number of ether oxygens (including phenoxy) is 3. The highest BCUT2D eigenvalue weighted by atomic mass is 32.2. The molecule has 0 aliphatic rings. The molecule has 0 bridgehead atoms. The highest BCUT2D eigenvalue weighted by molar-refractivity contribution is 7.99. The number of aliphatic carboxylic acids is 1. The Morgan fingerprint density at radius 3 is 2.00 bits per heavy atom. The Kier molecular flexibility index (Phi) is 26.1. The van der Waals surface area contributed by atoms with E-state index in [4.69, 9.17) is 19.3 Å². The van der Waals surface area contributed by atoms with Crippen LogP contribution in [-0.4, -0.2) is 86.0 Å². The Bertz CT molecular complexity index is 678. The number of amides is 2. The Hall–Kier alpha value is -1.85. The van der Waals surface area contributed by atoms with Gasteiger partial charge in [0.1, 0.15) is 12.6 Å². The molecule has 234 valence electrons. The molecule has 0 aliphatic carbocycles. The smallest absolute Gasteiger partial charge is 0.329 e. The van der Waals surface area contributed by atoms with E-state index in [-0.39, 0.29) is 36.9 Å². The molecule has 0 radical (unpaired) electrons. The first-order valence-corrected chi connectivity index (χ1v) is 16.1. The molecular weight excluding hydrogens is 536 g/mol. The summed E-state index contributed by atoms with van der Waals surface area (Å²) in [5.41, 5.74) is 0.